The van der Waals surface area contributed by atoms with Gasteiger partial charge < -0.3 is 10.0 Å². The van der Waals surface area contributed by atoms with E-state index in [2.05, 4.69) is 9.59 Å². The zero-order chi connectivity index (χ0) is 14.8. The van der Waals surface area contributed by atoms with Gasteiger partial charge in [0, 0.05) is 23.1 Å². The molecule has 0 bridgehead atoms. The summed E-state index contributed by atoms with van der Waals surface area (Å²) in [6.45, 7) is 0.494. The van der Waals surface area contributed by atoms with E-state index in [-0.39, 0.29) is 5.91 Å². The van der Waals surface area contributed by atoms with Crippen LogP contribution in [0.25, 0.3) is 11.3 Å². The van der Waals surface area contributed by atoms with Crippen molar-refractivity contribution in [3.8, 4) is 11.3 Å². The Morgan fingerprint density at radius 2 is 2.05 bits per heavy atom. The summed E-state index contributed by atoms with van der Waals surface area (Å²) < 4.78 is 3.80. The molecule has 0 spiro atoms. The Labute approximate surface area is 125 Å². The SMILES string of the molecule is O=C(O)C1CCCN1C(=O)c1ccc(-c2csnn2)cc1. The van der Waals surface area contributed by atoms with Gasteiger partial charge in [0.15, 0.2) is 0 Å². The normalized spacial score (nSPS) is 17.9. The molecular weight excluding hydrogens is 290 g/mol. The fraction of sp³-hybridized carbons (Fsp3) is 0.286. The summed E-state index contributed by atoms with van der Waals surface area (Å²) in [5, 5.41) is 14.9. The van der Waals surface area contributed by atoms with E-state index in [0.29, 0.717) is 18.5 Å². The first-order valence-electron chi connectivity index (χ1n) is 6.58. The Kier molecular flexibility index (Phi) is 3.66. The van der Waals surface area contributed by atoms with E-state index in [4.69, 9.17) is 5.11 Å². The zero-order valence-corrected chi connectivity index (χ0v) is 11.9. The number of hydrogen-bond donors (Lipinski definition) is 1. The highest BCUT2D eigenvalue weighted by atomic mass is 32.1. The van der Waals surface area contributed by atoms with Crippen LogP contribution in [-0.4, -0.2) is 44.1 Å². The fourth-order valence-electron chi connectivity index (χ4n) is 2.51. The lowest BCUT2D eigenvalue weighted by atomic mass is 10.1. The minimum atomic E-state index is -0.939. The molecule has 6 nitrogen and oxygen atoms in total. The Bertz CT molecular complexity index is 655. The second kappa shape index (κ2) is 5.61. The third kappa shape index (κ3) is 2.64. The molecular formula is C14H13N3O3S. The van der Waals surface area contributed by atoms with Gasteiger partial charge in [-0.05, 0) is 36.5 Å². The van der Waals surface area contributed by atoms with Crippen LogP contribution in [0.1, 0.15) is 23.2 Å². The van der Waals surface area contributed by atoms with Gasteiger partial charge in [-0.2, -0.15) is 0 Å². The number of rotatable bonds is 3. The lowest BCUT2D eigenvalue weighted by molar-refractivity contribution is -0.141. The van der Waals surface area contributed by atoms with Crippen molar-refractivity contribution in [2.75, 3.05) is 6.54 Å². The minimum absolute atomic E-state index is 0.233. The van der Waals surface area contributed by atoms with Crippen LogP contribution >= 0.6 is 11.5 Å². The third-order valence-corrected chi connectivity index (χ3v) is 4.09. The Morgan fingerprint density at radius 3 is 2.67 bits per heavy atom. The molecule has 108 valence electrons. The van der Waals surface area contributed by atoms with Crippen LogP contribution in [0, 0.1) is 0 Å². The number of aliphatic carboxylic acids is 1. The number of aromatic nitrogens is 2. The van der Waals surface area contributed by atoms with Gasteiger partial charge >= 0.3 is 5.97 Å². The molecule has 0 aliphatic carbocycles. The third-order valence-electron chi connectivity index (χ3n) is 3.59. The molecule has 7 heteroatoms. The minimum Gasteiger partial charge on any atom is -0.480 e. The maximum absolute atomic E-state index is 12.4. The van der Waals surface area contributed by atoms with Crippen LogP contribution in [0.15, 0.2) is 29.6 Å². The van der Waals surface area contributed by atoms with Gasteiger partial charge in [0.05, 0.1) is 0 Å². The number of amides is 1. The number of carbonyl (C=O) groups is 2. The summed E-state index contributed by atoms with van der Waals surface area (Å²) in [5.41, 5.74) is 2.15. The Balaban J connectivity index is 1.80. The van der Waals surface area contributed by atoms with E-state index < -0.39 is 12.0 Å². The molecule has 1 saturated heterocycles. The van der Waals surface area contributed by atoms with Gasteiger partial charge in [0.25, 0.3) is 5.91 Å². The average Bonchev–Trinajstić information content (AvgIpc) is 3.18. The molecule has 1 fully saturated rings. The molecule has 2 heterocycles. The predicted molar refractivity (Wildman–Crippen MR) is 77.0 cm³/mol. The number of hydrogen-bond acceptors (Lipinski definition) is 5. The summed E-state index contributed by atoms with van der Waals surface area (Å²) >= 11 is 1.27. The standard InChI is InChI=1S/C14H13N3O3S/c18-13(17-7-1-2-12(17)14(19)20)10-5-3-9(4-6-10)11-8-21-16-15-11/h3-6,8,12H,1-2,7H2,(H,19,20). The van der Waals surface area contributed by atoms with E-state index in [1.807, 2.05) is 5.38 Å². The van der Waals surface area contributed by atoms with Crippen LogP contribution in [0.5, 0.6) is 0 Å². The lowest BCUT2D eigenvalue weighted by Gasteiger charge is -2.21. The predicted octanol–water partition coefficient (Wildman–Crippen LogP) is 1.89. The monoisotopic (exact) mass is 303 g/mol. The van der Waals surface area contributed by atoms with Crippen LogP contribution < -0.4 is 0 Å². The number of carbonyl (C=O) groups excluding carboxylic acids is 1. The lowest BCUT2D eigenvalue weighted by Crippen LogP contribution is -2.40. The number of carboxylic acid groups (broad SMARTS) is 1. The first kappa shape index (κ1) is 13.7. The summed E-state index contributed by atoms with van der Waals surface area (Å²) in [6, 6.07) is 6.30. The highest BCUT2D eigenvalue weighted by Crippen LogP contribution is 2.22. The maximum atomic E-state index is 12.4. The van der Waals surface area contributed by atoms with E-state index in [9.17, 15) is 9.59 Å². The molecule has 1 aliphatic rings. The molecule has 1 unspecified atom stereocenters. The summed E-state index contributed by atoms with van der Waals surface area (Å²) in [5.74, 6) is -1.17. The first-order chi connectivity index (χ1) is 10.2. The Morgan fingerprint density at radius 1 is 1.29 bits per heavy atom. The topological polar surface area (TPSA) is 83.4 Å². The summed E-state index contributed by atoms with van der Waals surface area (Å²) in [6.07, 6.45) is 1.24. The van der Waals surface area contributed by atoms with Crippen LogP contribution in [-0.2, 0) is 4.79 Å². The van der Waals surface area contributed by atoms with Gasteiger partial charge in [0.1, 0.15) is 11.7 Å². The van der Waals surface area contributed by atoms with Gasteiger partial charge in [-0.1, -0.05) is 16.6 Å². The van der Waals surface area contributed by atoms with Crippen molar-refractivity contribution >= 4 is 23.4 Å². The number of carboxylic acids is 1. The molecule has 1 aromatic heterocycles. The summed E-state index contributed by atoms with van der Waals surface area (Å²) in [4.78, 5) is 25.0. The molecule has 0 saturated carbocycles. The second-order valence-corrected chi connectivity index (χ2v) is 5.47. The van der Waals surface area contributed by atoms with Crippen molar-refractivity contribution in [2.45, 2.75) is 18.9 Å². The van der Waals surface area contributed by atoms with Crippen molar-refractivity contribution in [3.63, 3.8) is 0 Å². The quantitative estimate of drug-likeness (QED) is 0.936. The van der Waals surface area contributed by atoms with Crippen molar-refractivity contribution in [1.29, 1.82) is 0 Å². The van der Waals surface area contributed by atoms with Crippen LogP contribution in [0.4, 0.5) is 0 Å². The van der Waals surface area contributed by atoms with E-state index in [1.54, 1.807) is 24.3 Å². The highest BCUT2D eigenvalue weighted by molar-refractivity contribution is 7.03. The van der Waals surface area contributed by atoms with Crippen LogP contribution in [0.3, 0.4) is 0 Å². The second-order valence-electron chi connectivity index (χ2n) is 4.86. The molecule has 0 radical (unpaired) electrons. The molecule has 1 atom stereocenters. The first-order valence-corrected chi connectivity index (χ1v) is 7.42. The van der Waals surface area contributed by atoms with E-state index in [1.165, 1.54) is 16.4 Å². The molecule has 21 heavy (non-hydrogen) atoms. The number of likely N-dealkylation sites (tertiary alicyclic amines) is 1. The van der Waals surface area contributed by atoms with Crippen molar-refractivity contribution in [2.24, 2.45) is 0 Å². The Hall–Kier alpha value is -2.28. The maximum Gasteiger partial charge on any atom is 0.326 e. The van der Waals surface area contributed by atoms with Gasteiger partial charge in [-0.15, -0.1) is 5.10 Å². The van der Waals surface area contributed by atoms with Crippen molar-refractivity contribution in [1.82, 2.24) is 14.5 Å². The highest BCUT2D eigenvalue weighted by Gasteiger charge is 2.34. The van der Waals surface area contributed by atoms with Crippen molar-refractivity contribution in [3.05, 3.63) is 35.2 Å². The van der Waals surface area contributed by atoms with E-state index in [0.717, 1.165) is 17.7 Å². The number of nitrogens with zero attached hydrogens (tertiary/aromatic N) is 3. The van der Waals surface area contributed by atoms with E-state index >= 15 is 0 Å². The smallest absolute Gasteiger partial charge is 0.326 e. The van der Waals surface area contributed by atoms with Gasteiger partial charge in [-0.3, -0.25) is 4.79 Å². The molecule has 1 amide bonds. The largest absolute Gasteiger partial charge is 0.480 e. The van der Waals surface area contributed by atoms with Crippen LogP contribution in [0.2, 0.25) is 0 Å². The molecule has 1 N–H and O–H groups in total. The summed E-state index contributed by atoms with van der Waals surface area (Å²) in [7, 11) is 0. The van der Waals surface area contributed by atoms with Gasteiger partial charge in [0.2, 0.25) is 0 Å². The fourth-order valence-corrected chi connectivity index (χ4v) is 2.97. The zero-order valence-electron chi connectivity index (χ0n) is 11.1. The molecule has 3 rings (SSSR count). The molecule has 2 aromatic rings. The number of benzene rings is 1. The van der Waals surface area contributed by atoms with Gasteiger partial charge in [-0.25, -0.2) is 4.79 Å². The average molecular weight is 303 g/mol. The molecule has 1 aliphatic heterocycles. The molecule has 1 aromatic carbocycles. The van der Waals surface area contributed by atoms with Crippen molar-refractivity contribution < 1.29 is 14.7 Å².